The highest BCUT2D eigenvalue weighted by Gasteiger charge is 2.12. The molecule has 0 atom stereocenters. The number of carbonyl (C=O) groups is 1. The van der Waals surface area contributed by atoms with Gasteiger partial charge in [0.25, 0.3) is 0 Å². The van der Waals surface area contributed by atoms with Crippen molar-refractivity contribution in [1.82, 2.24) is 9.55 Å². The highest BCUT2D eigenvalue weighted by molar-refractivity contribution is 7.99. The number of ketones is 1. The minimum atomic E-state index is 0.109. The number of thioether (sulfide) groups is 1. The van der Waals surface area contributed by atoms with Crippen molar-refractivity contribution in [3.63, 3.8) is 0 Å². The van der Waals surface area contributed by atoms with Crippen LogP contribution in [0.1, 0.15) is 17.3 Å². The Hall–Kier alpha value is -2.27. The fourth-order valence-electron chi connectivity index (χ4n) is 2.38. The van der Waals surface area contributed by atoms with Crippen molar-refractivity contribution in [3.05, 3.63) is 54.1 Å². The molecule has 3 aromatic rings. The molecule has 2 aromatic carbocycles. The van der Waals surface area contributed by atoms with Crippen LogP contribution in [-0.2, 0) is 7.05 Å². The van der Waals surface area contributed by atoms with E-state index in [1.807, 2.05) is 67.1 Å². The number of aryl methyl sites for hydroxylation is 1. The van der Waals surface area contributed by atoms with Gasteiger partial charge in [0.05, 0.1) is 23.4 Å². The van der Waals surface area contributed by atoms with Crippen LogP contribution in [0.25, 0.3) is 11.0 Å². The Balaban J connectivity index is 1.77. The van der Waals surface area contributed by atoms with E-state index in [2.05, 4.69) is 4.98 Å². The van der Waals surface area contributed by atoms with Crippen LogP contribution in [0.5, 0.6) is 5.75 Å². The fourth-order valence-corrected chi connectivity index (χ4v) is 3.26. The number of aromatic nitrogens is 2. The van der Waals surface area contributed by atoms with Crippen molar-refractivity contribution in [2.75, 3.05) is 12.4 Å². The molecule has 3 rings (SSSR count). The Labute approximate surface area is 139 Å². The van der Waals surface area contributed by atoms with E-state index in [0.717, 1.165) is 27.5 Å². The third-order valence-corrected chi connectivity index (χ3v) is 4.58. The molecule has 0 spiro atoms. The first kappa shape index (κ1) is 15.6. The zero-order chi connectivity index (χ0) is 16.2. The predicted molar refractivity (Wildman–Crippen MR) is 93.4 cm³/mol. The summed E-state index contributed by atoms with van der Waals surface area (Å²) in [6.45, 7) is 2.59. The van der Waals surface area contributed by atoms with Crippen molar-refractivity contribution in [2.45, 2.75) is 12.1 Å². The summed E-state index contributed by atoms with van der Waals surface area (Å²) in [5.41, 5.74) is 2.65. The van der Waals surface area contributed by atoms with Gasteiger partial charge in [-0.1, -0.05) is 42.1 Å². The lowest BCUT2D eigenvalue weighted by molar-refractivity contribution is 0.102. The van der Waals surface area contributed by atoms with E-state index in [9.17, 15) is 4.79 Å². The molecule has 0 bridgehead atoms. The van der Waals surface area contributed by atoms with Crippen molar-refractivity contribution in [2.24, 2.45) is 7.05 Å². The number of Topliss-reactive ketones (excluding diaryl/α,β-unsaturated/α-hetero) is 1. The summed E-state index contributed by atoms with van der Waals surface area (Å²) < 4.78 is 7.52. The first-order valence-electron chi connectivity index (χ1n) is 7.49. The van der Waals surface area contributed by atoms with E-state index >= 15 is 0 Å². The SMILES string of the molecule is CCOc1ccc2c(c1)nc(SCC(=O)c1ccccc1)n2C. The van der Waals surface area contributed by atoms with Crippen LogP contribution >= 0.6 is 11.8 Å². The number of benzene rings is 2. The Kier molecular flexibility index (Phi) is 4.67. The molecule has 0 unspecified atom stereocenters. The highest BCUT2D eigenvalue weighted by atomic mass is 32.2. The van der Waals surface area contributed by atoms with E-state index in [1.165, 1.54) is 11.8 Å². The minimum Gasteiger partial charge on any atom is -0.494 e. The molecule has 23 heavy (non-hydrogen) atoms. The zero-order valence-electron chi connectivity index (χ0n) is 13.2. The summed E-state index contributed by atoms with van der Waals surface area (Å²) in [5, 5.41) is 0.831. The van der Waals surface area contributed by atoms with Gasteiger partial charge in [0.2, 0.25) is 0 Å². The van der Waals surface area contributed by atoms with Gasteiger partial charge in [-0.3, -0.25) is 4.79 Å². The maximum absolute atomic E-state index is 12.2. The maximum atomic E-state index is 12.2. The van der Waals surface area contributed by atoms with Gasteiger partial charge in [0.1, 0.15) is 5.75 Å². The van der Waals surface area contributed by atoms with Crippen LogP contribution in [0.3, 0.4) is 0 Å². The molecule has 0 fully saturated rings. The first-order valence-corrected chi connectivity index (χ1v) is 8.48. The lowest BCUT2D eigenvalue weighted by atomic mass is 10.2. The standard InChI is InChI=1S/C18H18N2O2S/c1-3-22-14-9-10-16-15(11-14)19-18(20(16)2)23-12-17(21)13-7-5-4-6-8-13/h4-11H,3,12H2,1-2H3. The van der Waals surface area contributed by atoms with Gasteiger partial charge in [0, 0.05) is 18.7 Å². The van der Waals surface area contributed by atoms with Crippen molar-refractivity contribution in [3.8, 4) is 5.75 Å². The van der Waals surface area contributed by atoms with E-state index in [0.29, 0.717) is 12.4 Å². The molecule has 5 heteroatoms. The van der Waals surface area contributed by atoms with Crippen LogP contribution in [-0.4, -0.2) is 27.7 Å². The molecule has 0 amide bonds. The number of hydrogen-bond donors (Lipinski definition) is 0. The summed E-state index contributed by atoms with van der Waals surface area (Å²) in [5.74, 6) is 1.30. The third-order valence-electron chi connectivity index (χ3n) is 3.55. The Bertz CT molecular complexity index is 828. The van der Waals surface area contributed by atoms with Crippen LogP contribution in [0.2, 0.25) is 0 Å². The molecular formula is C18H18N2O2S. The number of fused-ring (bicyclic) bond motifs is 1. The van der Waals surface area contributed by atoms with Gasteiger partial charge in [0.15, 0.2) is 10.9 Å². The van der Waals surface area contributed by atoms with Crippen LogP contribution in [0, 0.1) is 0 Å². The number of imidazole rings is 1. The van der Waals surface area contributed by atoms with Gasteiger partial charge < -0.3 is 9.30 Å². The van der Waals surface area contributed by atoms with Gasteiger partial charge in [-0.25, -0.2) is 4.98 Å². The molecule has 1 aromatic heterocycles. The lowest BCUT2D eigenvalue weighted by Crippen LogP contribution is -2.03. The molecule has 0 N–H and O–H groups in total. The molecule has 0 radical (unpaired) electrons. The Morgan fingerprint density at radius 2 is 2.00 bits per heavy atom. The second-order valence-corrected chi connectivity index (χ2v) is 6.06. The highest BCUT2D eigenvalue weighted by Crippen LogP contribution is 2.26. The van der Waals surface area contributed by atoms with E-state index in [4.69, 9.17) is 4.74 Å². The third kappa shape index (κ3) is 3.40. The number of rotatable bonds is 6. The fraction of sp³-hybridized carbons (Fsp3) is 0.222. The van der Waals surface area contributed by atoms with E-state index < -0.39 is 0 Å². The van der Waals surface area contributed by atoms with Crippen LogP contribution in [0.4, 0.5) is 0 Å². The minimum absolute atomic E-state index is 0.109. The molecule has 0 saturated carbocycles. The van der Waals surface area contributed by atoms with Gasteiger partial charge >= 0.3 is 0 Å². The van der Waals surface area contributed by atoms with Gasteiger partial charge in [-0.2, -0.15) is 0 Å². The molecule has 0 aliphatic heterocycles. The monoisotopic (exact) mass is 326 g/mol. The van der Waals surface area contributed by atoms with Gasteiger partial charge in [-0.05, 0) is 19.1 Å². The normalized spacial score (nSPS) is 10.9. The second kappa shape index (κ2) is 6.87. The number of carbonyl (C=O) groups excluding carboxylic acids is 1. The van der Waals surface area contributed by atoms with E-state index in [-0.39, 0.29) is 5.78 Å². The van der Waals surface area contributed by atoms with Crippen molar-refractivity contribution < 1.29 is 9.53 Å². The summed E-state index contributed by atoms with van der Waals surface area (Å²) in [4.78, 5) is 16.8. The predicted octanol–water partition coefficient (Wildman–Crippen LogP) is 3.95. The topological polar surface area (TPSA) is 44.1 Å². The first-order chi connectivity index (χ1) is 11.2. The lowest BCUT2D eigenvalue weighted by Gasteiger charge is -2.03. The number of nitrogens with zero attached hydrogens (tertiary/aromatic N) is 2. The Morgan fingerprint density at radius 1 is 1.22 bits per heavy atom. The smallest absolute Gasteiger partial charge is 0.173 e. The number of ether oxygens (including phenoxy) is 1. The van der Waals surface area contributed by atoms with Crippen molar-refractivity contribution >= 4 is 28.6 Å². The summed E-state index contributed by atoms with van der Waals surface area (Å²) >= 11 is 1.46. The molecule has 118 valence electrons. The molecule has 0 saturated heterocycles. The summed E-state index contributed by atoms with van der Waals surface area (Å²) in [6.07, 6.45) is 0. The molecule has 0 aliphatic carbocycles. The summed E-state index contributed by atoms with van der Waals surface area (Å²) in [6, 6.07) is 15.2. The quantitative estimate of drug-likeness (QED) is 0.508. The second-order valence-electron chi connectivity index (χ2n) is 5.11. The Morgan fingerprint density at radius 3 is 2.74 bits per heavy atom. The maximum Gasteiger partial charge on any atom is 0.173 e. The van der Waals surface area contributed by atoms with E-state index in [1.54, 1.807) is 0 Å². The molecule has 1 heterocycles. The summed E-state index contributed by atoms with van der Waals surface area (Å²) in [7, 11) is 1.96. The molecule has 0 aliphatic rings. The molecule has 4 nitrogen and oxygen atoms in total. The zero-order valence-corrected chi connectivity index (χ0v) is 14.0. The van der Waals surface area contributed by atoms with Crippen molar-refractivity contribution in [1.29, 1.82) is 0 Å². The van der Waals surface area contributed by atoms with Gasteiger partial charge in [-0.15, -0.1) is 0 Å². The van der Waals surface area contributed by atoms with Crippen LogP contribution in [0.15, 0.2) is 53.7 Å². The largest absolute Gasteiger partial charge is 0.494 e. The molecular weight excluding hydrogens is 308 g/mol. The average Bonchev–Trinajstić information content (AvgIpc) is 2.89. The average molecular weight is 326 g/mol. The number of hydrogen-bond acceptors (Lipinski definition) is 4. The van der Waals surface area contributed by atoms with Crippen LogP contribution < -0.4 is 4.74 Å².